The Labute approximate surface area is 357 Å². The fourth-order valence-corrected chi connectivity index (χ4v) is 11.0. The predicted molar refractivity (Wildman–Crippen MR) is 256 cm³/mol. The number of aromatic nitrogens is 3. The highest BCUT2D eigenvalue weighted by Gasteiger charge is 2.37. The molecular formula is C57H35N5. The molecule has 0 saturated heterocycles. The number of nitrogens with zero attached hydrogens (tertiary/aromatic N) is 5. The van der Waals surface area contributed by atoms with Crippen LogP contribution in [0.3, 0.4) is 0 Å². The van der Waals surface area contributed by atoms with E-state index in [0.717, 1.165) is 65.7 Å². The van der Waals surface area contributed by atoms with Crippen LogP contribution in [0.15, 0.2) is 176 Å². The molecule has 0 bridgehead atoms. The molecule has 0 unspecified atom stereocenters. The van der Waals surface area contributed by atoms with Crippen molar-refractivity contribution in [1.82, 2.24) is 13.7 Å². The second kappa shape index (κ2) is 12.3. The molecule has 5 heteroatoms. The Hall–Kier alpha value is -8.38. The van der Waals surface area contributed by atoms with Crippen LogP contribution in [0.1, 0.15) is 30.5 Å². The van der Waals surface area contributed by atoms with E-state index in [1.165, 1.54) is 38.4 Å². The summed E-state index contributed by atoms with van der Waals surface area (Å²) in [5, 5.41) is 20.3. The summed E-state index contributed by atoms with van der Waals surface area (Å²) in [6, 6.07) is 64.8. The zero-order valence-corrected chi connectivity index (χ0v) is 34.0. The van der Waals surface area contributed by atoms with Gasteiger partial charge in [-0.2, -0.15) is 5.26 Å². The van der Waals surface area contributed by atoms with Crippen LogP contribution < -0.4 is 0 Å². The SMILES string of the molecule is [C-]#[N+]c1cc(-n2c3ccc(-n4c5ccccc5c5ccccc54)cc3c3c4ccccc4ccc32)c(C#N)cc1-n1c2ccccc2c2c3c(ccc21)C(C)(C)c1ccccc1-3. The lowest BCUT2D eigenvalue weighted by Gasteiger charge is -2.21. The fourth-order valence-electron chi connectivity index (χ4n) is 11.0. The van der Waals surface area contributed by atoms with E-state index in [0.29, 0.717) is 22.6 Å². The molecule has 0 N–H and O–H groups in total. The van der Waals surface area contributed by atoms with E-state index < -0.39 is 0 Å². The zero-order valence-electron chi connectivity index (χ0n) is 34.0. The maximum Gasteiger partial charge on any atom is 0.212 e. The van der Waals surface area contributed by atoms with Crippen LogP contribution in [0.25, 0.3) is 109 Å². The normalized spacial score (nSPS) is 13.1. The summed E-state index contributed by atoms with van der Waals surface area (Å²) >= 11 is 0. The van der Waals surface area contributed by atoms with Crippen LogP contribution in [0, 0.1) is 17.9 Å². The molecule has 288 valence electrons. The summed E-state index contributed by atoms with van der Waals surface area (Å²) in [6.45, 7) is 13.3. The van der Waals surface area contributed by atoms with Gasteiger partial charge in [0.25, 0.3) is 0 Å². The summed E-state index contributed by atoms with van der Waals surface area (Å²) < 4.78 is 6.75. The Morgan fingerprint density at radius 1 is 0.484 bits per heavy atom. The van der Waals surface area contributed by atoms with E-state index in [1.54, 1.807) is 0 Å². The van der Waals surface area contributed by atoms with Crippen molar-refractivity contribution in [2.24, 2.45) is 0 Å². The minimum absolute atomic E-state index is 0.154. The van der Waals surface area contributed by atoms with Crippen LogP contribution in [-0.4, -0.2) is 13.7 Å². The van der Waals surface area contributed by atoms with Gasteiger partial charge in [0.1, 0.15) is 6.07 Å². The molecule has 5 nitrogen and oxygen atoms in total. The van der Waals surface area contributed by atoms with Gasteiger partial charge in [0.05, 0.1) is 56.6 Å². The fraction of sp³-hybridized carbons (Fsp3) is 0.0526. The van der Waals surface area contributed by atoms with E-state index in [-0.39, 0.29) is 5.41 Å². The first kappa shape index (κ1) is 34.5. The average molecular weight is 790 g/mol. The van der Waals surface area contributed by atoms with Crippen LogP contribution in [-0.2, 0) is 5.41 Å². The maximum absolute atomic E-state index is 11.2. The molecule has 0 aliphatic heterocycles. The number of hydrogen-bond acceptors (Lipinski definition) is 1. The van der Waals surface area contributed by atoms with E-state index >= 15 is 0 Å². The highest BCUT2D eigenvalue weighted by molar-refractivity contribution is 6.22. The second-order valence-electron chi connectivity index (χ2n) is 17.1. The lowest BCUT2D eigenvalue weighted by Crippen LogP contribution is -2.14. The molecule has 0 saturated carbocycles. The van der Waals surface area contributed by atoms with E-state index in [4.69, 9.17) is 6.57 Å². The molecule has 1 aliphatic carbocycles. The predicted octanol–water partition coefficient (Wildman–Crippen LogP) is 14.9. The molecule has 0 spiro atoms. The first-order valence-corrected chi connectivity index (χ1v) is 21.0. The minimum atomic E-state index is -0.154. The molecule has 3 heterocycles. The third kappa shape index (κ3) is 4.39. The van der Waals surface area contributed by atoms with Gasteiger partial charge in [-0.15, -0.1) is 0 Å². The third-order valence-electron chi connectivity index (χ3n) is 13.7. The average Bonchev–Trinajstić information content (AvgIpc) is 4.02. The largest absolute Gasteiger partial charge is 0.319 e. The molecule has 9 aromatic carbocycles. The molecule has 0 amide bonds. The zero-order chi connectivity index (χ0) is 41.4. The van der Waals surface area contributed by atoms with Gasteiger partial charge in [0, 0.05) is 43.4 Å². The van der Waals surface area contributed by atoms with Crippen molar-refractivity contribution < 1.29 is 0 Å². The lowest BCUT2D eigenvalue weighted by atomic mass is 9.82. The van der Waals surface area contributed by atoms with Gasteiger partial charge in [-0.1, -0.05) is 129 Å². The number of hydrogen-bond donors (Lipinski definition) is 0. The number of nitriles is 1. The van der Waals surface area contributed by atoms with Crippen molar-refractivity contribution in [3.8, 4) is 34.3 Å². The number of fused-ring (bicyclic) bond motifs is 15. The van der Waals surface area contributed by atoms with Crippen molar-refractivity contribution >= 4 is 81.9 Å². The van der Waals surface area contributed by atoms with Gasteiger partial charge < -0.3 is 13.7 Å². The van der Waals surface area contributed by atoms with Gasteiger partial charge >= 0.3 is 0 Å². The van der Waals surface area contributed by atoms with Gasteiger partial charge in [0.15, 0.2) is 0 Å². The van der Waals surface area contributed by atoms with Crippen molar-refractivity contribution in [2.75, 3.05) is 0 Å². The molecule has 0 radical (unpaired) electrons. The van der Waals surface area contributed by atoms with E-state index in [2.05, 4.69) is 202 Å². The Morgan fingerprint density at radius 3 is 1.81 bits per heavy atom. The smallest absolute Gasteiger partial charge is 0.212 e. The van der Waals surface area contributed by atoms with Crippen LogP contribution in [0.2, 0.25) is 0 Å². The van der Waals surface area contributed by atoms with Gasteiger partial charge in [-0.05, 0) is 93.7 Å². The summed E-state index contributed by atoms with van der Waals surface area (Å²) in [6.07, 6.45) is 0. The molecular weight excluding hydrogens is 755 g/mol. The number of para-hydroxylation sites is 3. The molecule has 3 aromatic heterocycles. The van der Waals surface area contributed by atoms with E-state index in [1.807, 2.05) is 12.1 Å². The topological polar surface area (TPSA) is 42.9 Å². The van der Waals surface area contributed by atoms with Crippen LogP contribution in [0.4, 0.5) is 5.69 Å². The van der Waals surface area contributed by atoms with Gasteiger partial charge in [-0.25, -0.2) is 4.85 Å². The van der Waals surface area contributed by atoms with Crippen molar-refractivity contribution in [1.29, 1.82) is 5.26 Å². The lowest BCUT2D eigenvalue weighted by molar-refractivity contribution is 0.661. The Balaban J connectivity index is 1.09. The van der Waals surface area contributed by atoms with Gasteiger partial charge in [-0.3, -0.25) is 0 Å². The quantitative estimate of drug-likeness (QED) is 0.164. The Kier molecular flexibility index (Phi) is 6.86. The number of rotatable bonds is 3. The second-order valence-corrected chi connectivity index (χ2v) is 17.1. The Morgan fingerprint density at radius 2 is 1.06 bits per heavy atom. The first-order valence-electron chi connectivity index (χ1n) is 21.0. The highest BCUT2D eigenvalue weighted by Crippen LogP contribution is 2.53. The summed E-state index contributed by atoms with van der Waals surface area (Å²) in [5.41, 5.74) is 14.6. The maximum atomic E-state index is 11.2. The van der Waals surface area contributed by atoms with Crippen LogP contribution >= 0.6 is 0 Å². The van der Waals surface area contributed by atoms with Crippen molar-refractivity contribution in [2.45, 2.75) is 19.3 Å². The van der Waals surface area contributed by atoms with Crippen molar-refractivity contribution in [3.63, 3.8) is 0 Å². The third-order valence-corrected chi connectivity index (χ3v) is 13.7. The molecule has 1 aliphatic rings. The minimum Gasteiger partial charge on any atom is -0.319 e. The van der Waals surface area contributed by atoms with Crippen LogP contribution in [0.5, 0.6) is 0 Å². The summed E-state index contributed by atoms with van der Waals surface area (Å²) in [7, 11) is 0. The first-order chi connectivity index (χ1) is 30.5. The van der Waals surface area contributed by atoms with Gasteiger partial charge in [0.2, 0.25) is 5.69 Å². The van der Waals surface area contributed by atoms with Crippen molar-refractivity contribution in [3.05, 3.63) is 204 Å². The molecule has 12 aromatic rings. The molecule has 0 atom stereocenters. The monoisotopic (exact) mass is 789 g/mol. The van der Waals surface area contributed by atoms with E-state index in [9.17, 15) is 5.26 Å². The highest BCUT2D eigenvalue weighted by atomic mass is 15.0. The standard InChI is InChI=1S/C57H35N5/c1-57(2)43-20-10-6-18-40(43)55-44(57)26-29-51-56(55)41-19-9-13-23-48(41)62(51)53-30-35(33-58)52(32-45(53)59-3)61-49-28-25-36(31-42(49)54-37-15-5-4-14-34(37)24-27-50(54)61)60-46-21-11-7-16-38(46)39-17-8-12-22-47(39)60/h4-32H,1-2H3. The number of benzene rings is 9. The molecule has 13 rings (SSSR count). The summed E-state index contributed by atoms with van der Waals surface area (Å²) in [4.78, 5) is 4.24. The molecule has 62 heavy (non-hydrogen) atoms. The molecule has 0 fully saturated rings. The Bertz CT molecular complexity index is 3990. The summed E-state index contributed by atoms with van der Waals surface area (Å²) in [5.74, 6) is 0.